The van der Waals surface area contributed by atoms with Gasteiger partial charge in [-0.25, -0.2) is 0 Å². The molecule has 0 radical (unpaired) electrons. The first-order chi connectivity index (χ1) is 20.8. The molecule has 0 fully saturated rings. The molecule has 2 heteroatoms. The summed E-state index contributed by atoms with van der Waals surface area (Å²) in [6.07, 6.45) is 0. The van der Waals surface area contributed by atoms with Crippen LogP contribution < -0.4 is 4.90 Å². The molecule has 0 N–H and O–H groups in total. The topological polar surface area (TPSA) is 3.24 Å². The van der Waals surface area contributed by atoms with Crippen LogP contribution in [0.5, 0.6) is 0 Å². The number of para-hydroxylation sites is 1. The van der Waals surface area contributed by atoms with Crippen molar-refractivity contribution in [3.05, 3.63) is 164 Å². The van der Waals surface area contributed by atoms with Gasteiger partial charge in [0.25, 0.3) is 0 Å². The minimum Gasteiger partial charge on any atom is -0.310 e. The molecule has 0 saturated carbocycles. The monoisotopic (exact) mass is 553 g/mol. The van der Waals surface area contributed by atoms with Crippen LogP contribution in [0, 0.1) is 0 Å². The Kier molecular flexibility index (Phi) is 6.05. The average molecular weight is 554 g/mol. The number of thiophene rings is 1. The third-order valence-corrected chi connectivity index (χ3v) is 9.18. The maximum absolute atomic E-state index is 2.35. The number of nitrogens with zero attached hydrogens (tertiary/aromatic N) is 1. The van der Waals surface area contributed by atoms with E-state index in [9.17, 15) is 0 Å². The molecule has 1 aromatic heterocycles. The van der Waals surface area contributed by atoms with Gasteiger partial charge in [-0.2, -0.15) is 0 Å². The average Bonchev–Trinajstić information content (AvgIpc) is 3.45. The number of anilines is 3. The van der Waals surface area contributed by atoms with Crippen molar-refractivity contribution in [2.24, 2.45) is 0 Å². The molecule has 0 unspecified atom stereocenters. The maximum Gasteiger partial charge on any atom is 0.0468 e. The molecule has 0 saturated heterocycles. The predicted octanol–water partition coefficient (Wildman–Crippen LogP) is 12.0. The van der Waals surface area contributed by atoms with Crippen LogP contribution in [0.25, 0.3) is 53.2 Å². The Morgan fingerprint density at radius 1 is 0.357 bits per heavy atom. The van der Waals surface area contributed by atoms with Gasteiger partial charge in [-0.3, -0.25) is 0 Å². The number of hydrogen-bond acceptors (Lipinski definition) is 2. The fraction of sp³-hybridized carbons (Fsp3) is 0. The molecule has 0 aliphatic heterocycles. The number of benzene rings is 7. The third kappa shape index (κ3) is 4.34. The van der Waals surface area contributed by atoms with E-state index >= 15 is 0 Å². The quantitative estimate of drug-likeness (QED) is 0.205. The summed E-state index contributed by atoms with van der Waals surface area (Å²) >= 11 is 1.87. The van der Waals surface area contributed by atoms with Crippen LogP contribution in [0.4, 0.5) is 17.1 Å². The highest BCUT2D eigenvalue weighted by Gasteiger charge is 2.15. The van der Waals surface area contributed by atoms with Crippen molar-refractivity contribution in [2.45, 2.75) is 0 Å². The fourth-order valence-corrected chi connectivity index (χ4v) is 7.14. The van der Waals surface area contributed by atoms with Crippen molar-refractivity contribution < 1.29 is 0 Å². The summed E-state index contributed by atoms with van der Waals surface area (Å²) < 4.78 is 2.67. The smallest absolute Gasteiger partial charge is 0.0468 e. The lowest BCUT2D eigenvalue weighted by molar-refractivity contribution is 1.29. The minimum absolute atomic E-state index is 1.13. The first-order valence-corrected chi connectivity index (χ1v) is 15.1. The van der Waals surface area contributed by atoms with Crippen molar-refractivity contribution in [1.29, 1.82) is 0 Å². The highest BCUT2D eigenvalue weighted by atomic mass is 32.1. The van der Waals surface area contributed by atoms with E-state index in [-0.39, 0.29) is 0 Å². The van der Waals surface area contributed by atoms with Gasteiger partial charge in [0.2, 0.25) is 0 Å². The van der Waals surface area contributed by atoms with Crippen LogP contribution >= 0.6 is 11.3 Å². The fourth-order valence-electron chi connectivity index (χ4n) is 6.02. The van der Waals surface area contributed by atoms with E-state index in [1.807, 2.05) is 11.3 Å². The van der Waals surface area contributed by atoms with E-state index in [1.165, 1.54) is 53.2 Å². The Bertz CT molecular complexity index is 2180. The molecular formula is C40H27NS. The molecule has 0 spiro atoms. The lowest BCUT2D eigenvalue weighted by Gasteiger charge is -2.26. The SMILES string of the molecule is c1ccc(-c2cccc(-c3ccc(N(c4ccccc4)c4ccc5c(ccc6sc7ccccc7c65)c4)cc3)c2)cc1. The molecule has 0 aliphatic carbocycles. The molecule has 1 heterocycles. The second-order valence-corrected chi connectivity index (χ2v) is 11.7. The van der Waals surface area contributed by atoms with Gasteiger partial charge in [-0.15, -0.1) is 11.3 Å². The summed E-state index contributed by atoms with van der Waals surface area (Å²) in [7, 11) is 0. The first kappa shape index (κ1) is 24.6. The lowest BCUT2D eigenvalue weighted by Crippen LogP contribution is -2.09. The second kappa shape index (κ2) is 10.3. The van der Waals surface area contributed by atoms with E-state index in [2.05, 4.69) is 169 Å². The van der Waals surface area contributed by atoms with Gasteiger partial charge in [0, 0.05) is 37.2 Å². The highest BCUT2D eigenvalue weighted by molar-refractivity contribution is 7.26. The second-order valence-electron chi connectivity index (χ2n) is 10.6. The molecule has 42 heavy (non-hydrogen) atoms. The molecule has 8 rings (SSSR count). The summed E-state index contributed by atoms with van der Waals surface area (Å²) in [6.45, 7) is 0. The molecule has 0 bridgehead atoms. The van der Waals surface area contributed by atoms with E-state index < -0.39 is 0 Å². The molecular weight excluding hydrogens is 527 g/mol. The van der Waals surface area contributed by atoms with Crippen LogP contribution in [0.3, 0.4) is 0 Å². The van der Waals surface area contributed by atoms with E-state index in [0.717, 1.165) is 17.1 Å². The molecule has 0 aliphatic rings. The zero-order chi connectivity index (χ0) is 27.9. The number of fused-ring (bicyclic) bond motifs is 5. The van der Waals surface area contributed by atoms with Gasteiger partial charge in [0.1, 0.15) is 0 Å². The molecule has 7 aromatic carbocycles. The molecule has 1 nitrogen and oxygen atoms in total. The Hall–Kier alpha value is -5.18. The van der Waals surface area contributed by atoms with Crippen LogP contribution in [0.1, 0.15) is 0 Å². The van der Waals surface area contributed by atoms with Crippen LogP contribution in [0.2, 0.25) is 0 Å². The molecule has 198 valence electrons. The van der Waals surface area contributed by atoms with Gasteiger partial charge >= 0.3 is 0 Å². The highest BCUT2D eigenvalue weighted by Crippen LogP contribution is 2.41. The van der Waals surface area contributed by atoms with Crippen molar-refractivity contribution in [3.63, 3.8) is 0 Å². The number of rotatable bonds is 5. The van der Waals surface area contributed by atoms with Crippen LogP contribution in [0.15, 0.2) is 164 Å². The first-order valence-electron chi connectivity index (χ1n) is 14.3. The van der Waals surface area contributed by atoms with E-state index in [4.69, 9.17) is 0 Å². The largest absolute Gasteiger partial charge is 0.310 e. The summed E-state index contributed by atoms with van der Waals surface area (Å²) in [5, 5.41) is 5.24. The summed E-state index contributed by atoms with van der Waals surface area (Å²) in [4.78, 5) is 2.35. The zero-order valence-electron chi connectivity index (χ0n) is 22.9. The van der Waals surface area contributed by atoms with Gasteiger partial charge in [0.15, 0.2) is 0 Å². The molecule has 0 atom stereocenters. The predicted molar refractivity (Wildman–Crippen MR) is 182 cm³/mol. The number of hydrogen-bond donors (Lipinski definition) is 0. The van der Waals surface area contributed by atoms with Crippen LogP contribution in [-0.2, 0) is 0 Å². The maximum atomic E-state index is 2.35. The van der Waals surface area contributed by atoms with E-state index in [1.54, 1.807) is 0 Å². The Morgan fingerprint density at radius 2 is 0.976 bits per heavy atom. The molecule has 0 amide bonds. The van der Waals surface area contributed by atoms with Gasteiger partial charge in [0.05, 0.1) is 0 Å². The Labute approximate surface area is 249 Å². The van der Waals surface area contributed by atoms with Crippen molar-refractivity contribution in [1.82, 2.24) is 0 Å². The Balaban J connectivity index is 1.21. The summed E-state index contributed by atoms with van der Waals surface area (Å²) in [5.74, 6) is 0. The van der Waals surface area contributed by atoms with Gasteiger partial charge in [-0.1, -0.05) is 109 Å². The van der Waals surface area contributed by atoms with Crippen molar-refractivity contribution >= 4 is 59.3 Å². The van der Waals surface area contributed by atoms with E-state index in [0.29, 0.717) is 0 Å². The van der Waals surface area contributed by atoms with Gasteiger partial charge in [-0.05, 0) is 87.6 Å². The van der Waals surface area contributed by atoms with Crippen LogP contribution in [-0.4, -0.2) is 0 Å². The van der Waals surface area contributed by atoms with Crippen molar-refractivity contribution in [3.8, 4) is 22.3 Å². The summed E-state index contributed by atoms with van der Waals surface area (Å²) in [5.41, 5.74) is 8.29. The third-order valence-electron chi connectivity index (χ3n) is 8.04. The molecule has 8 aromatic rings. The minimum atomic E-state index is 1.13. The normalized spacial score (nSPS) is 11.3. The van der Waals surface area contributed by atoms with Gasteiger partial charge < -0.3 is 4.90 Å². The zero-order valence-corrected chi connectivity index (χ0v) is 23.8. The van der Waals surface area contributed by atoms with Crippen molar-refractivity contribution in [2.75, 3.05) is 4.90 Å². The summed E-state index contributed by atoms with van der Waals surface area (Å²) in [6, 6.07) is 59.1. The standard InChI is InChI=1S/C40H27NS/c1-3-10-28(11-4-1)30-12-9-13-31(26-30)29-18-21-34(22-19-29)41(33-14-5-2-6-15-33)35-23-24-36-32(27-35)20-25-39-40(36)37-16-7-8-17-38(37)42-39/h1-27H. The lowest BCUT2D eigenvalue weighted by atomic mass is 9.99. The Morgan fingerprint density at radius 3 is 1.76 bits per heavy atom.